The van der Waals surface area contributed by atoms with E-state index in [1.165, 1.54) is 0 Å². The van der Waals surface area contributed by atoms with E-state index in [-0.39, 0.29) is 17.2 Å². The molecule has 17 heavy (non-hydrogen) atoms. The molecule has 0 spiro atoms. The predicted octanol–water partition coefficient (Wildman–Crippen LogP) is 3.22. The van der Waals surface area contributed by atoms with Gasteiger partial charge in [-0.25, -0.2) is 0 Å². The SMILES string of the molecule is CC(C)(C)C(=O)OCC1(C)CCC(=O)C=C1Br. The Bertz CT molecular complexity index is 365. The maximum Gasteiger partial charge on any atom is 0.311 e. The molecule has 0 fully saturated rings. The summed E-state index contributed by atoms with van der Waals surface area (Å²) in [6.45, 7) is 7.79. The minimum absolute atomic E-state index is 0.122. The number of hydrogen-bond acceptors (Lipinski definition) is 3. The molecule has 1 rings (SSSR count). The van der Waals surface area contributed by atoms with Crippen LogP contribution in [0.5, 0.6) is 0 Å². The lowest BCUT2D eigenvalue weighted by atomic mass is 9.81. The van der Waals surface area contributed by atoms with Gasteiger partial charge in [-0.3, -0.25) is 9.59 Å². The highest BCUT2D eigenvalue weighted by Gasteiger charge is 2.35. The highest BCUT2D eigenvalue weighted by atomic mass is 79.9. The van der Waals surface area contributed by atoms with Gasteiger partial charge in [0.05, 0.1) is 5.41 Å². The molecule has 0 bridgehead atoms. The van der Waals surface area contributed by atoms with Crippen LogP contribution in [0.4, 0.5) is 0 Å². The molecule has 0 saturated carbocycles. The molecule has 96 valence electrons. The Morgan fingerprint density at radius 2 is 2.12 bits per heavy atom. The third-order valence-corrected chi connectivity index (χ3v) is 4.11. The molecule has 1 atom stereocenters. The van der Waals surface area contributed by atoms with E-state index in [1.807, 2.05) is 27.7 Å². The number of esters is 1. The van der Waals surface area contributed by atoms with Gasteiger partial charge in [0.25, 0.3) is 0 Å². The summed E-state index contributed by atoms with van der Waals surface area (Å²) < 4.78 is 6.16. The van der Waals surface area contributed by atoms with Gasteiger partial charge >= 0.3 is 5.97 Å². The highest BCUT2D eigenvalue weighted by Crippen LogP contribution is 2.40. The summed E-state index contributed by atoms with van der Waals surface area (Å²) in [5.74, 6) is -0.0903. The fourth-order valence-electron chi connectivity index (χ4n) is 1.49. The Balaban J connectivity index is 2.66. The lowest BCUT2D eigenvalue weighted by Gasteiger charge is -2.32. The zero-order valence-corrected chi connectivity index (χ0v) is 12.4. The van der Waals surface area contributed by atoms with Crippen molar-refractivity contribution in [2.45, 2.75) is 40.5 Å². The fourth-order valence-corrected chi connectivity index (χ4v) is 2.06. The molecular weight excluding hydrogens is 284 g/mol. The number of ether oxygens (including phenoxy) is 1. The van der Waals surface area contributed by atoms with E-state index in [4.69, 9.17) is 4.74 Å². The average Bonchev–Trinajstić information content (AvgIpc) is 2.20. The van der Waals surface area contributed by atoms with Gasteiger partial charge in [-0.15, -0.1) is 0 Å². The first kappa shape index (κ1) is 14.4. The van der Waals surface area contributed by atoms with Crippen LogP contribution >= 0.6 is 15.9 Å². The van der Waals surface area contributed by atoms with E-state index in [0.29, 0.717) is 19.4 Å². The smallest absolute Gasteiger partial charge is 0.311 e. The van der Waals surface area contributed by atoms with Crippen molar-refractivity contribution in [3.05, 3.63) is 10.6 Å². The van der Waals surface area contributed by atoms with Crippen LogP contribution in [0, 0.1) is 10.8 Å². The minimum atomic E-state index is -0.489. The van der Waals surface area contributed by atoms with Gasteiger partial charge < -0.3 is 4.74 Å². The van der Waals surface area contributed by atoms with Crippen LogP contribution in [0.2, 0.25) is 0 Å². The summed E-state index contributed by atoms with van der Waals surface area (Å²) in [5.41, 5.74) is -0.758. The molecule has 0 aromatic rings. The maximum absolute atomic E-state index is 11.7. The predicted molar refractivity (Wildman–Crippen MR) is 69.8 cm³/mol. The highest BCUT2D eigenvalue weighted by molar-refractivity contribution is 9.11. The van der Waals surface area contributed by atoms with Gasteiger partial charge in [-0.1, -0.05) is 22.9 Å². The molecule has 0 aliphatic heterocycles. The monoisotopic (exact) mass is 302 g/mol. The summed E-state index contributed by atoms with van der Waals surface area (Å²) in [7, 11) is 0. The van der Waals surface area contributed by atoms with Crippen LogP contribution in [0.1, 0.15) is 40.5 Å². The van der Waals surface area contributed by atoms with Crippen LogP contribution in [-0.4, -0.2) is 18.4 Å². The Labute approximate surface area is 111 Å². The fraction of sp³-hybridized carbons (Fsp3) is 0.692. The molecule has 3 nitrogen and oxygen atoms in total. The normalized spacial score (nSPS) is 25.5. The average molecular weight is 303 g/mol. The molecule has 4 heteroatoms. The van der Waals surface area contributed by atoms with Crippen LogP contribution in [0.3, 0.4) is 0 Å². The molecule has 0 saturated heterocycles. The van der Waals surface area contributed by atoms with Crippen LogP contribution in [0.25, 0.3) is 0 Å². The van der Waals surface area contributed by atoms with Gasteiger partial charge in [-0.05, 0) is 33.3 Å². The largest absolute Gasteiger partial charge is 0.464 e. The second-order valence-electron chi connectivity index (χ2n) is 5.85. The lowest BCUT2D eigenvalue weighted by Crippen LogP contribution is -2.32. The molecule has 0 amide bonds. The van der Waals surface area contributed by atoms with Crippen molar-refractivity contribution in [1.29, 1.82) is 0 Å². The van der Waals surface area contributed by atoms with Gasteiger partial charge in [0.15, 0.2) is 5.78 Å². The first-order chi connectivity index (χ1) is 7.65. The molecule has 0 N–H and O–H groups in total. The molecule has 0 radical (unpaired) electrons. The second kappa shape index (κ2) is 4.92. The van der Waals surface area contributed by atoms with E-state index in [2.05, 4.69) is 15.9 Å². The summed E-state index contributed by atoms with van der Waals surface area (Å²) in [6.07, 6.45) is 2.81. The van der Waals surface area contributed by atoms with Gasteiger partial charge in [0.1, 0.15) is 6.61 Å². The summed E-state index contributed by atoms with van der Waals surface area (Å²) >= 11 is 3.40. The van der Waals surface area contributed by atoms with Gasteiger partial charge in [-0.2, -0.15) is 0 Å². The Morgan fingerprint density at radius 3 is 2.59 bits per heavy atom. The van der Waals surface area contributed by atoms with E-state index < -0.39 is 5.41 Å². The second-order valence-corrected chi connectivity index (χ2v) is 6.70. The number of rotatable bonds is 2. The van der Waals surface area contributed by atoms with Crippen molar-refractivity contribution in [1.82, 2.24) is 0 Å². The third kappa shape index (κ3) is 3.66. The van der Waals surface area contributed by atoms with Gasteiger partial charge in [0, 0.05) is 16.3 Å². The first-order valence-corrected chi connectivity index (χ1v) is 6.52. The zero-order valence-electron chi connectivity index (χ0n) is 10.8. The van der Waals surface area contributed by atoms with E-state index >= 15 is 0 Å². The van der Waals surface area contributed by atoms with Crippen molar-refractivity contribution in [2.24, 2.45) is 10.8 Å². The Hall–Kier alpha value is -0.640. The maximum atomic E-state index is 11.7. The molecule has 0 aromatic carbocycles. The van der Waals surface area contributed by atoms with Crippen molar-refractivity contribution >= 4 is 27.7 Å². The van der Waals surface area contributed by atoms with Gasteiger partial charge in [0.2, 0.25) is 0 Å². The molecular formula is C13H19BrO3. The topological polar surface area (TPSA) is 43.4 Å². The number of carbonyl (C=O) groups excluding carboxylic acids is 2. The number of allylic oxidation sites excluding steroid dienone is 1. The van der Waals surface area contributed by atoms with E-state index in [0.717, 1.165) is 4.48 Å². The lowest BCUT2D eigenvalue weighted by molar-refractivity contribution is -0.155. The summed E-state index contributed by atoms with van der Waals surface area (Å²) in [6, 6.07) is 0. The Morgan fingerprint density at radius 1 is 1.53 bits per heavy atom. The van der Waals surface area contributed by atoms with Crippen molar-refractivity contribution in [3.8, 4) is 0 Å². The van der Waals surface area contributed by atoms with Crippen LogP contribution < -0.4 is 0 Å². The zero-order chi connectivity index (χ0) is 13.3. The van der Waals surface area contributed by atoms with Crippen LogP contribution in [-0.2, 0) is 14.3 Å². The van der Waals surface area contributed by atoms with E-state index in [9.17, 15) is 9.59 Å². The first-order valence-electron chi connectivity index (χ1n) is 5.73. The molecule has 1 aliphatic carbocycles. The quantitative estimate of drug-likeness (QED) is 0.736. The molecule has 0 heterocycles. The Kier molecular flexibility index (Phi) is 4.18. The number of hydrogen-bond donors (Lipinski definition) is 0. The number of carbonyl (C=O) groups is 2. The van der Waals surface area contributed by atoms with Crippen molar-refractivity contribution < 1.29 is 14.3 Å². The van der Waals surface area contributed by atoms with E-state index in [1.54, 1.807) is 6.08 Å². The molecule has 1 aliphatic rings. The number of ketones is 1. The molecule has 1 unspecified atom stereocenters. The van der Waals surface area contributed by atoms with Crippen molar-refractivity contribution in [2.75, 3.05) is 6.61 Å². The molecule has 0 aromatic heterocycles. The van der Waals surface area contributed by atoms with Crippen LogP contribution in [0.15, 0.2) is 10.6 Å². The summed E-state index contributed by atoms with van der Waals surface area (Å²) in [5, 5.41) is 0. The standard InChI is InChI=1S/C13H19BrO3/c1-12(2,3)11(16)17-8-13(4)6-5-9(15)7-10(13)14/h7H,5-6,8H2,1-4H3. The third-order valence-electron chi connectivity index (χ3n) is 2.92. The van der Waals surface area contributed by atoms with Crippen molar-refractivity contribution in [3.63, 3.8) is 0 Å². The minimum Gasteiger partial charge on any atom is -0.464 e. The number of halogens is 1. The summed E-state index contributed by atoms with van der Waals surface area (Å²) in [4.78, 5) is 22.9.